The Balaban J connectivity index is -0.0000000301. The third-order valence-electron chi connectivity index (χ3n) is 0. The highest BCUT2D eigenvalue weighted by Crippen LogP contribution is 1.30. The largest absolute Gasteiger partial charge is 0.397 e. The van der Waals surface area contributed by atoms with Crippen molar-refractivity contribution in [1.82, 2.24) is 0 Å². The molecule has 0 aromatic rings. The van der Waals surface area contributed by atoms with Crippen LogP contribution in [-0.2, 0) is 14.2 Å². The summed E-state index contributed by atoms with van der Waals surface area (Å²) < 4.78 is 8.17. The second-order valence-corrected chi connectivity index (χ2v) is 0.520. The molecule has 1 atom stereocenters. The van der Waals surface area contributed by atoms with Crippen LogP contribution < -0.4 is 0 Å². The zero-order valence-electron chi connectivity index (χ0n) is 5.96. The van der Waals surface area contributed by atoms with E-state index < -0.39 is 0 Å². The fourth-order valence-electron chi connectivity index (χ4n) is 0. The molecule has 0 fully saturated rings. The van der Waals surface area contributed by atoms with Crippen molar-refractivity contribution in [3.63, 3.8) is 0 Å². The molecule has 0 saturated carbocycles. The molecule has 0 aromatic carbocycles. The molecule has 7 heteroatoms. The van der Waals surface area contributed by atoms with Crippen LogP contribution in [0, 0.1) is 10.8 Å². The van der Waals surface area contributed by atoms with E-state index in [2.05, 4.69) is 0 Å². The number of hydrogen-bond donors (Lipinski definition) is 3. The van der Waals surface area contributed by atoms with Gasteiger partial charge in [0.2, 0.25) is 12.2 Å². The lowest BCUT2D eigenvalue weighted by atomic mass is 10.9. The fourth-order valence-corrected chi connectivity index (χ4v) is 0. The molecule has 0 spiro atoms. The van der Waals surface area contributed by atoms with Crippen LogP contribution in [0.4, 0.5) is 0 Å². The van der Waals surface area contributed by atoms with Gasteiger partial charge in [0.1, 0.15) is 0 Å². The second-order valence-electron chi connectivity index (χ2n) is 0.520. The van der Waals surface area contributed by atoms with E-state index in [4.69, 9.17) is 30.1 Å². The van der Waals surface area contributed by atoms with E-state index in [1.807, 2.05) is 0 Å². The third-order valence-corrected chi connectivity index (χ3v) is 0. The van der Waals surface area contributed by atoms with Gasteiger partial charge in [0.15, 0.2) is 0 Å². The van der Waals surface area contributed by atoms with Crippen LogP contribution in [0.15, 0.2) is 0 Å². The predicted octanol–water partition coefficient (Wildman–Crippen LogP) is 0.00754. The lowest BCUT2D eigenvalue weighted by Crippen LogP contribution is -1.57. The van der Waals surface area contributed by atoms with E-state index >= 15 is 0 Å². The molecule has 0 saturated heterocycles. The third kappa shape index (κ3) is 295. The van der Waals surface area contributed by atoms with Crippen molar-refractivity contribution in [3.05, 3.63) is 0 Å². The Morgan fingerprint density at radius 2 is 1.27 bits per heavy atom. The molecule has 0 aliphatic heterocycles. The highest BCUT2D eigenvalue weighted by molar-refractivity contribution is 7.00. The number of isocyanates is 2. The van der Waals surface area contributed by atoms with Crippen LogP contribution in [0.2, 0.25) is 0 Å². The zero-order chi connectivity index (χ0) is 10.1. The summed E-state index contributed by atoms with van der Waals surface area (Å²) >= 11 is 0. The monoisotopic (exact) mass is 181 g/mol. The summed E-state index contributed by atoms with van der Waals surface area (Å²) in [6.07, 6.45) is 1.50. The number of hydrogen-bond acceptors (Lipinski definition) is 6. The maximum absolute atomic E-state index is 8.35. The number of aliphatic hydroxyl groups excluding tert-OH is 1. The molecule has 0 bridgehead atoms. The summed E-state index contributed by atoms with van der Waals surface area (Å²) in [6.45, 7) is 1.93. The molecule has 0 heterocycles. The highest BCUT2D eigenvalue weighted by atomic mass is 31.0. The van der Waals surface area contributed by atoms with Gasteiger partial charge < -0.3 is 5.11 Å². The van der Waals surface area contributed by atoms with Gasteiger partial charge in [0, 0.05) is 6.61 Å². The molecule has 11 heavy (non-hydrogen) atoms. The van der Waals surface area contributed by atoms with Crippen LogP contribution >= 0.6 is 9.12 Å². The van der Waals surface area contributed by atoms with Crippen molar-refractivity contribution in [3.8, 4) is 0 Å². The Kier molecular flexibility index (Phi) is 334. The lowest BCUT2D eigenvalue weighted by Gasteiger charge is -1.52. The quantitative estimate of drug-likeness (QED) is 0.277. The van der Waals surface area contributed by atoms with Gasteiger partial charge in [-0.25, -0.2) is 20.4 Å². The highest BCUT2D eigenvalue weighted by Gasteiger charge is 1.34. The van der Waals surface area contributed by atoms with Crippen LogP contribution in [0.1, 0.15) is 6.92 Å². The molecular formula is C4H10N2O4P+. The van der Waals surface area contributed by atoms with E-state index in [9.17, 15) is 0 Å². The standard InChI is InChI=1S/C2H6O.2CHNO.H2OP/c1-2-3;2*2-1-3;1-2/h3H,2H2,1H3;2*2H;2H2/q;;;+1. The molecule has 0 rings (SSSR count). The van der Waals surface area contributed by atoms with Gasteiger partial charge >= 0.3 is 9.12 Å². The fraction of sp³-hybridized carbons (Fsp3) is 0.500. The van der Waals surface area contributed by atoms with Crippen molar-refractivity contribution < 1.29 is 19.3 Å². The van der Waals surface area contributed by atoms with Gasteiger partial charge in [0.25, 0.3) is 0 Å². The van der Waals surface area contributed by atoms with Crippen LogP contribution in [0.5, 0.6) is 0 Å². The summed E-state index contributed by atoms with van der Waals surface area (Å²) in [5, 5.41) is 18.4. The molecule has 6 nitrogen and oxygen atoms in total. The first-order valence-electron chi connectivity index (χ1n) is 2.17. The predicted molar refractivity (Wildman–Crippen MR) is 40.0 cm³/mol. The van der Waals surface area contributed by atoms with E-state index in [-0.39, 0.29) is 6.61 Å². The van der Waals surface area contributed by atoms with Crippen LogP contribution in [0.25, 0.3) is 0 Å². The first-order chi connectivity index (χ1) is 5.24. The number of carbonyl (C=O) groups excluding carboxylic acids is 2. The van der Waals surface area contributed by atoms with E-state index in [0.717, 1.165) is 12.2 Å². The molecule has 0 aliphatic rings. The summed E-state index contributed by atoms with van der Waals surface area (Å²) in [5.74, 6) is 0. The smallest absolute Gasteiger partial charge is 0.310 e. The number of nitrogens with one attached hydrogen (secondary N) is 2. The SMILES string of the molecule is CCO.N=C=O.N=C=O.O=[PH2+]. The van der Waals surface area contributed by atoms with E-state index in [1.54, 1.807) is 6.92 Å². The van der Waals surface area contributed by atoms with Gasteiger partial charge in [-0.3, -0.25) is 0 Å². The topological polar surface area (TPSA) is 119 Å². The molecule has 0 aromatic heterocycles. The van der Waals surface area contributed by atoms with Gasteiger partial charge in [0.05, 0.1) is 0 Å². The summed E-state index contributed by atoms with van der Waals surface area (Å²) in [5.41, 5.74) is 0. The van der Waals surface area contributed by atoms with E-state index in [1.165, 1.54) is 9.12 Å². The Hall–Kier alpha value is -1.18. The normalized spacial score (nSPS) is 3.45. The minimum Gasteiger partial charge on any atom is -0.397 e. The Labute approximate surface area is 65.9 Å². The van der Waals surface area contributed by atoms with Gasteiger partial charge in [-0.2, -0.15) is 0 Å². The Morgan fingerprint density at radius 1 is 1.27 bits per heavy atom. The first kappa shape index (κ1) is 22.6. The number of aliphatic hydroxyl groups is 1. The Bertz CT molecular complexity index is 94.7. The minimum atomic E-state index is 0.250. The first-order valence-corrected chi connectivity index (χ1v) is 2.64. The van der Waals surface area contributed by atoms with Crippen LogP contribution in [-0.4, -0.2) is 23.9 Å². The Morgan fingerprint density at radius 3 is 1.27 bits per heavy atom. The van der Waals surface area contributed by atoms with Crippen molar-refractivity contribution in [2.45, 2.75) is 6.92 Å². The molecule has 0 aliphatic carbocycles. The molecular weight excluding hydrogens is 171 g/mol. The molecule has 0 amide bonds. The summed E-state index contributed by atoms with van der Waals surface area (Å²) in [7, 11) is 1.17. The van der Waals surface area contributed by atoms with Crippen LogP contribution in [0.3, 0.4) is 0 Å². The van der Waals surface area contributed by atoms with Gasteiger partial charge in [-0.1, -0.05) is 4.57 Å². The van der Waals surface area contributed by atoms with Gasteiger partial charge in [-0.15, -0.1) is 0 Å². The molecule has 0 radical (unpaired) electrons. The van der Waals surface area contributed by atoms with Crippen molar-refractivity contribution in [1.29, 1.82) is 10.8 Å². The average Bonchev–Trinajstić information content (AvgIpc) is 1.96. The van der Waals surface area contributed by atoms with E-state index in [0.29, 0.717) is 0 Å². The van der Waals surface area contributed by atoms with Crippen molar-refractivity contribution in [2.75, 3.05) is 6.61 Å². The van der Waals surface area contributed by atoms with Gasteiger partial charge in [-0.05, 0) is 6.92 Å². The maximum Gasteiger partial charge on any atom is 0.310 e. The molecule has 1 unspecified atom stereocenters. The maximum atomic E-state index is 8.35. The van der Waals surface area contributed by atoms with Crippen molar-refractivity contribution >= 4 is 21.3 Å². The minimum absolute atomic E-state index is 0.250. The number of rotatable bonds is 0. The second kappa shape index (κ2) is 163. The summed E-state index contributed by atoms with van der Waals surface area (Å²) in [4.78, 5) is 16.7. The van der Waals surface area contributed by atoms with Crippen molar-refractivity contribution in [2.24, 2.45) is 0 Å². The molecule has 64 valence electrons. The average molecular weight is 181 g/mol. The molecule has 3 N–H and O–H groups in total. The zero-order valence-corrected chi connectivity index (χ0v) is 7.11. The lowest BCUT2D eigenvalue weighted by molar-refractivity contribution is 0.318. The summed E-state index contributed by atoms with van der Waals surface area (Å²) in [6, 6.07) is 0.